The Bertz CT molecular complexity index is 2290. The number of halogens is 2. The van der Waals surface area contributed by atoms with E-state index in [-0.39, 0.29) is 17.7 Å². The lowest BCUT2D eigenvalue weighted by atomic mass is 9.98. The maximum Gasteiger partial charge on any atom is 0.245 e. The molecular formula is C38H36F2N8O2. The van der Waals surface area contributed by atoms with Crippen molar-refractivity contribution in [2.45, 2.75) is 45.3 Å². The largest absolute Gasteiger partial charge is 0.488 e. The molecule has 1 fully saturated rings. The van der Waals surface area contributed by atoms with Crippen LogP contribution in [0.5, 0.6) is 5.75 Å². The molecule has 4 bridgehead atoms. The first-order chi connectivity index (χ1) is 24.2. The molecule has 2 atom stereocenters. The van der Waals surface area contributed by atoms with Gasteiger partial charge >= 0.3 is 0 Å². The zero-order valence-corrected chi connectivity index (χ0v) is 28.1. The van der Waals surface area contributed by atoms with Crippen molar-refractivity contribution in [3.8, 4) is 22.6 Å². The molecule has 0 N–H and O–H groups in total. The summed E-state index contributed by atoms with van der Waals surface area (Å²) < 4.78 is 38.5. The number of allylic oxidation sites excluding steroid dienone is 1. The SMILES string of the molecule is CC(C)=CCN1CCCc2c3c(cccc3nn2C)-c2cccc(c2)O[C@H]2C[C@@H](C1=O)N(c1ncnc3c1cnn3-c1ccc(F)cc1F)C2. The van der Waals surface area contributed by atoms with Crippen LogP contribution in [-0.2, 0) is 18.3 Å². The van der Waals surface area contributed by atoms with E-state index in [2.05, 4.69) is 39.3 Å². The zero-order valence-electron chi connectivity index (χ0n) is 28.1. The van der Waals surface area contributed by atoms with Crippen molar-refractivity contribution < 1.29 is 18.3 Å². The van der Waals surface area contributed by atoms with Crippen molar-refractivity contribution in [1.29, 1.82) is 0 Å². The second-order valence-corrected chi connectivity index (χ2v) is 13.2. The summed E-state index contributed by atoms with van der Waals surface area (Å²) in [6.45, 7) is 5.45. The van der Waals surface area contributed by atoms with Crippen molar-refractivity contribution in [2.24, 2.45) is 7.05 Å². The Labute approximate surface area is 287 Å². The summed E-state index contributed by atoms with van der Waals surface area (Å²) >= 11 is 0. The van der Waals surface area contributed by atoms with Crippen LogP contribution in [0, 0.1) is 11.6 Å². The van der Waals surface area contributed by atoms with Crippen LogP contribution in [0.1, 0.15) is 32.4 Å². The molecule has 50 heavy (non-hydrogen) atoms. The third-order valence-electron chi connectivity index (χ3n) is 9.60. The highest BCUT2D eigenvalue weighted by Gasteiger charge is 2.41. The molecule has 0 saturated carbocycles. The van der Waals surface area contributed by atoms with Crippen LogP contribution in [0.3, 0.4) is 0 Å². The summed E-state index contributed by atoms with van der Waals surface area (Å²) in [5, 5.41) is 10.9. The molecule has 1 saturated heterocycles. The number of carbonyl (C=O) groups excluding carboxylic acids is 1. The molecule has 2 aliphatic rings. The monoisotopic (exact) mass is 674 g/mol. The van der Waals surface area contributed by atoms with E-state index in [9.17, 15) is 13.6 Å². The van der Waals surface area contributed by atoms with E-state index in [1.807, 2.05) is 59.6 Å². The number of aryl methyl sites for hydroxylation is 2. The topological polar surface area (TPSA) is 94.2 Å². The fourth-order valence-corrected chi connectivity index (χ4v) is 7.24. The van der Waals surface area contributed by atoms with Gasteiger partial charge in [0, 0.05) is 43.7 Å². The summed E-state index contributed by atoms with van der Waals surface area (Å²) in [5.74, 6) is -0.285. The molecule has 0 spiro atoms. The molecular weight excluding hydrogens is 638 g/mol. The maximum atomic E-state index is 14.9. The highest BCUT2D eigenvalue weighted by Crippen LogP contribution is 2.36. The Morgan fingerprint density at radius 2 is 1.92 bits per heavy atom. The Morgan fingerprint density at radius 3 is 2.76 bits per heavy atom. The molecule has 0 aliphatic carbocycles. The molecule has 1 amide bonds. The number of carbonyl (C=O) groups is 1. The maximum absolute atomic E-state index is 14.9. The smallest absolute Gasteiger partial charge is 0.245 e. The van der Waals surface area contributed by atoms with Crippen LogP contribution in [0.15, 0.2) is 84.8 Å². The average molecular weight is 675 g/mol. The fourth-order valence-electron chi connectivity index (χ4n) is 7.24. The molecule has 2 aliphatic heterocycles. The van der Waals surface area contributed by atoms with E-state index >= 15 is 0 Å². The van der Waals surface area contributed by atoms with Gasteiger partial charge in [-0.15, -0.1) is 0 Å². The summed E-state index contributed by atoms with van der Waals surface area (Å²) in [7, 11) is 1.98. The standard InChI is InChI=1S/C38H36F2N8O2/c1-23(2)14-16-46-15-6-11-33-35-28(9-5-10-31(35)44-45(33)3)24-7-4-8-26(17-24)50-27-19-34(38(46)49)47(21-27)36-29-20-43-48(37(29)42-22-41-36)32-13-12-25(39)18-30(32)40/h4-5,7-10,12-14,17-18,20,22,27,34H,6,11,15-16,19,21H2,1-3H3/t27-,34-/m0/s1. The van der Waals surface area contributed by atoms with Gasteiger partial charge < -0.3 is 14.5 Å². The molecule has 3 aromatic carbocycles. The fraction of sp³-hybridized carbons (Fsp3) is 0.289. The molecule has 6 aromatic rings. The Kier molecular flexibility index (Phi) is 8.01. The summed E-state index contributed by atoms with van der Waals surface area (Å²) in [5.41, 5.74) is 5.70. The molecule has 5 heterocycles. The van der Waals surface area contributed by atoms with E-state index in [0.29, 0.717) is 48.7 Å². The number of aromatic nitrogens is 6. The highest BCUT2D eigenvalue weighted by atomic mass is 19.1. The predicted molar refractivity (Wildman–Crippen MR) is 187 cm³/mol. The first-order valence-electron chi connectivity index (χ1n) is 16.8. The number of anilines is 1. The van der Waals surface area contributed by atoms with Gasteiger partial charge in [-0.25, -0.2) is 23.4 Å². The van der Waals surface area contributed by atoms with Crippen LogP contribution in [-0.4, -0.2) is 72.1 Å². The van der Waals surface area contributed by atoms with E-state index in [4.69, 9.17) is 9.84 Å². The minimum atomic E-state index is -0.766. The Balaban J connectivity index is 1.22. The molecule has 12 heteroatoms. The number of rotatable bonds is 4. The molecule has 0 unspecified atom stereocenters. The van der Waals surface area contributed by atoms with Gasteiger partial charge in [-0.3, -0.25) is 9.48 Å². The van der Waals surface area contributed by atoms with Gasteiger partial charge in [0.15, 0.2) is 11.5 Å². The number of hydrogen-bond donors (Lipinski definition) is 0. The summed E-state index contributed by atoms with van der Waals surface area (Å²) in [6, 6.07) is 17.0. The van der Waals surface area contributed by atoms with Crippen LogP contribution < -0.4 is 9.64 Å². The van der Waals surface area contributed by atoms with Crippen LogP contribution in [0.2, 0.25) is 0 Å². The Hall–Kier alpha value is -5.65. The minimum Gasteiger partial charge on any atom is -0.488 e. The average Bonchev–Trinajstić information content (AvgIpc) is 3.80. The van der Waals surface area contributed by atoms with Gasteiger partial charge in [-0.05, 0) is 68.1 Å². The molecule has 8 rings (SSSR count). The minimum absolute atomic E-state index is 0.0310. The van der Waals surface area contributed by atoms with Gasteiger partial charge in [0.1, 0.15) is 41.5 Å². The molecule has 10 nitrogen and oxygen atoms in total. The lowest BCUT2D eigenvalue weighted by Gasteiger charge is -2.30. The summed E-state index contributed by atoms with van der Waals surface area (Å²) in [6.07, 6.45) is 6.59. The highest BCUT2D eigenvalue weighted by molar-refractivity contribution is 5.97. The predicted octanol–water partition coefficient (Wildman–Crippen LogP) is 6.41. The lowest BCUT2D eigenvalue weighted by Crippen LogP contribution is -2.46. The van der Waals surface area contributed by atoms with Crippen LogP contribution in [0.4, 0.5) is 14.6 Å². The van der Waals surface area contributed by atoms with Crippen molar-refractivity contribution in [3.05, 3.63) is 102 Å². The van der Waals surface area contributed by atoms with Crippen molar-refractivity contribution in [2.75, 3.05) is 24.5 Å². The normalized spacial score (nSPS) is 17.9. The zero-order chi connectivity index (χ0) is 34.5. The summed E-state index contributed by atoms with van der Waals surface area (Å²) in [4.78, 5) is 27.6. The number of nitrogens with zero attached hydrogens (tertiary/aromatic N) is 8. The van der Waals surface area contributed by atoms with Crippen molar-refractivity contribution in [3.63, 3.8) is 0 Å². The van der Waals surface area contributed by atoms with Crippen molar-refractivity contribution >= 4 is 33.7 Å². The van der Waals surface area contributed by atoms with Gasteiger partial charge in [0.2, 0.25) is 5.91 Å². The second kappa shape index (κ2) is 12.7. The van der Waals surface area contributed by atoms with Gasteiger partial charge in [-0.2, -0.15) is 10.2 Å². The van der Waals surface area contributed by atoms with Gasteiger partial charge in [0.25, 0.3) is 0 Å². The van der Waals surface area contributed by atoms with E-state index in [1.165, 1.54) is 23.1 Å². The molecule has 254 valence electrons. The second-order valence-electron chi connectivity index (χ2n) is 13.2. The third-order valence-corrected chi connectivity index (χ3v) is 9.60. The van der Waals surface area contributed by atoms with Gasteiger partial charge in [0.05, 0.1) is 23.6 Å². The third kappa shape index (κ3) is 5.64. The molecule has 0 radical (unpaired) electrons. The lowest BCUT2D eigenvalue weighted by molar-refractivity contribution is -0.132. The van der Waals surface area contributed by atoms with Crippen LogP contribution in [0.25, 0.3) is 38.8 Å². The number of amides is 1. The number of hydrogen-bond acceptors (Lipinski definition) is 7. The number of ether oxygens (including phenoxy) is 1. The van der Waals surface area contributed by atoms with Gasteiger partial charge in [-0.1, -0.05) is 35.9 Å². The van der Waals surface area contributed by atoms with Crippen molar-refractivity contribution in [1.82, 2.24) is 34.4 Å². The van der Waals surface area contributed by atoms with Crippen LogP contribution >= 0.6 is 0 Å². The first-order valence-corrected chi connectivity index (χ1v) is 16.8. The van der Waals surface area contributed by atoms with E-state index in [0.717, 1.165) is 52.2 Å². The quantitative estimate of drug-likeness (QED) is 0.200. The first kappa shape index (κ1) is 31.6. The number of benzene rings is 3. The Morgan fingerprint density at radius 1 is 1.06 bits per heavy atom. The molecule has 3 aromatic heterocycles. The van der Waals surface area contributed by atoms with E-state index in [1.54, 1.807) is 6.20 Å². The van der Waals surface area contributed by atoms with E-state index < -0.39 is 17.7 Å². The number of fused-ring (bicyclic) bond motifs is 6.